The van der Waals surface area contributed by atoms with Gasteiger partial charge in [0.1, 0.15) is 5.60 Å². The van der Waals surface area contributed by atoms with Crippen molar-refractivity contribution in [2.45, 2.75) is 59.2 Å². The van der Waals surface area contributed by atoms with Crippen LogP contribution in [0.2, 0.25) is 0 Å². The lowest BCUT2D eigenvalue weighted by Gasteiger charge is -2.26. The fourth-order valence-electron chi connectivity index (χ4n) is 2.62. The molecule has 1 aromatic carbocycles. The van der Waals surface area contributed by atoms with Gasteiger partial charge in [0.25, 0.3) is 0 Å². The number of fused-ring (bicyclic) bond motifs is 1. The van der Waals surface area contributed by atoms with Crippen molar-refractivity contribution < 1.29 is 14.3 Å². The third-order valence-electron chi connectivity index (χ3n) is 3.87. The van der Waals surface area contributed by atoms with Gasteiger partial charge in [0.2, 0.25) is 5.91 Å². The van der Waals surface area contributed by atoms with Crippen molar-refractivity contribution >= 4 is 33.4 Å². The molecule has 1 heterocycles. The van der Waals surface area contributed by atoms with Crippen LogP contribution in [0.1, 0.15) is 52.5 Å². The number of imide groups is 1. The molecule has 0 saturated carbocycles. The van der Waals surface area contributed by atoms with Crippen molar-refractivity contribution in [3.8, 4) is 0 Å². The molecule has 2 rings (SSSR count). The second-order valence-corrected chi connectivity index (χ2v) is 8.90. The molecule has 0 radical (unpaired) electrons. The molecule has 0 aliphatic heterocycles. The molecule has 5 nitrogen and oxygen atoms in total. The molecule has 2 amide bonds. The zero-order valence-corrected chi connectivity index (χ0v) is 17.1. The highest BCUT2D eigenvalue weighted by molar-refractivity contribution is 7.19. The smallest absolute Gasteiger partial charge is 0.414 e. The Hall–Kier alpha value is -1.92. The zero-order valence-electron chi connectivity index (χ0n) is 16.3. The number of amides is 2. The number of hydrogen-bond acceptors (Lipinski definition) is 5. The van der Waals surface area contributed by atoms with Crippen LogP contribution in [-0.4, -0.2) is 23.6 Å². The molecule has 26 heavy (non-hydrogen) atoms. The van der Waals surface area contributed by atoms with E-state index in [1.165, 1.54) is 10.1 Å². The molecule has 0 bridgehead atoms. The van der Waals surface area contributed by atoms with Crippen LogP contribution < -0.4 is 10.6 Å². The van der Waals surface area contributed by atoms with Gasteiger partial charge in [0.05, 0.1) is 6.04 Å². The van der Waals surface area contributed by atoms with Crippen LogP contribution in [0.4, 0.5) is 4.79 Å². The number of carbonyl (C=O) groups is 2. The molecule has 2 aromatic rings. The van der Waals surface area contributed by atoms with E-state index in [-0.39, 0.29) is 17.9 Å². The van der Waals surface area contributed by atoms with E-state index in [1.807, 2.05) is 32.9 Å². The van der Waals surface area contributed by atoms with Gasteiger partial charge in [-0.1, -0.05) is 32.0 Å². The standard InChI is InChI=1S/C20H28N2O3S/c1-12(2)17(18(23)22-19(24)25-20(4,5)6)21-13(3)16-11-14-9-7-8-10-15(14)26-16/h7-13,17,21H,1-6H3,(H,22,23,24)/t13?,17-/m0/s1. The van der Waals surface area contributed by atoms with Crippen LogP contribution >= 0.6 is 11.3 Å². The molecule has 0 saturated heterocycles. The Morgan fingerprint density at radius 2 is 1.77 bits per heavy atom. The fraction of sp³-hybridized carbons (Fsp3) is 0.500. The summed E-state index contributed by atoms with van der Waals surface area (Å²) >= 11 is 1.71. The van der Waals surface area contributed by atoms with Crippen molar-refractivity contribution in [1.29, 1.82) is 0 Å². The number of alkyl carbamates (subject to hydrolysis) is 1. The van der Waals surface area contributed by atoms with Crippen LogP contribution in [0.3, 0.4) is 0 Å². The van der Waals surface area contributed by atoms with Gasteiger partial charge in [-0.3, -0.25) is 15.4 Å². The lowest BCUT2D eigenvalue weighted by Crippen LogP contribution is -2.50. The minimum absolute atomic E-state index is 0.0100. The van der Waals surface area contributed by atoms with Crippen LogP contribution in [0.5, 0.6) is 0 Å². The first-order valence-corrected chi connectivity index (χ1v) is 9.67. The van der Waals surface area contributed by atoms with Crippen molar-refractivity contribution in [3.05, 3.63) is 35.2 Å². The summed E-state index contributed by atoms with van der Waals surface area (Å²) in [5, 5.41) is 6.89. The molecule has 1 unspecified atom stereocenters. The maximum Gasteiger partial charge on any atom is 0.414 e. The van der Waals surface area contributed by atoms with E-state index in [2.05, 4.69) is 28.8 Å². The SMILES string of the molecule is CC(N[C@H](C(=O)NC(=O)OC(C)(C)C)C(C)C)c1cc2ccccc2s1. The molecule has 0 spiro atoms. The summed E-state index contributed by atoms with van der Waals surface area (Å²) in [5.74, 6) is -0.350. The maximum atomic E-state index is 12.5. The molecule has 0 fully saturated rings. The van der Waals surface area contributed by atoms with E-state index in [9.17, 15) is 9.59 Å². The molecule has 0 aliphatic carbocycles. The molecular weight excluding hydrogens is 348 g/mol. The van der Waals surface area contributed by atoms with Gasteiger partial charge in [-0.05, 0) is 51.1 Å². The van der Waals surface area contributed by atoms with E-state index < -0.39 is 17.7 Å². The molecule has 2 N–H and O–H groups in total. The van der Waals surface area contributed by atoms with Crippen LogP contribution in [0.15, 0.2) is 30.3 Å². The number of carbonyl (C=O) groups excluding carboxylic acids is 2. The number of rotatable bonds is 5. The normalized spacial score (nSPS) is 14.3. The minimum Gasteiger partial charge on any atom is -0.444 e. The van der Waals surface area contributed by atoms with Gasteiger partial charge in [-0.15, -0.1) is 11.3 Å². The summed E-state index contributed by atoms with van der Waals surface area (Å²) in [6.07, 6.45) is -0.718. The van der Waals surface area contributed by atoms with Gasteiger partial charge in [-0.25, -0.2) is 4.79 Å². The van der Waals surface area contributed by atoms with E-state index in [0.717, 1.165) is 4.88 Å². The van der Waals surface area contributed by atoms with Crippen LogP contribution in [-0.2, 0) is 9.53 Å². The first-order valence-electron chi connectivity index (χ1n) is 8.85. The molecule has 142 valence electrons. The summed E-state index contributed by atoms with van der Waals surface area (Å²) in [6.45, 7) is 11.2. The summed E-state index contributed by atoms with van der Waals surface area (Å²) in [6, 6.07) is 9.84. The van der Waals surface area contributed by atoms with Gasteiger partial charge in [0, 0.05) is 15.6 Å². The van der Waals surface area contributed by atoms with Gasteiger partial charge >= 0.3 is 6.09 Å². The Balaban J connectivity index is 2.06. The quantitative estimate of drug-likeness (QED) is 0.798. The Bertz CT molecular complexity index is 744. The highest BCUT2D eigenvalue weighted by Crippen LogP contribution is 2.30. The predicted molar refractivity (Wildman–Crippen MR) is 106 cm³/mol. The number of nitrogens with one attached hydrogen (secondary N) is 2. The second-order valence-electron chi connectivity index (χ2n) is 7.79. The Labute approximate surface area is 159 Å². The third-order valence-corrected chi connectivity index (χ3v) is 5.17. The van der Waals surface area contributed by atoms with E-state index in [1.54, 1.807) is 32.1 Å². The molecule has 1 aromatic heterocycles. The van der Waals surface area contributed by atoms with Gasteiger partial charge in [0.15, 0.2) is 0 Å². The summed E-state index contributed by atoms with van der Waals surface area (Å²) in [4.78, 5) is 25.6. The van der Waals surface area contributed by atoms with Crippen molar-refractivity contribution in [1.82, 2.24) is 10.6 Å². The molecule has 0 aliphatic rings. The van der Waals surface area contributed by atoms with Crippen LogP contribution in [0.25, 0.3) is 10.1 Å². The van der Waals surface area contributed by atoms with E-state index in [4.69, 9.17) is 4.74 Å². The third kappa shape index (κ3) is 5.54. The molecule has 6 heteroatoms. The highest BCUT2D eigenvalue weighted by Gasteiger charge is 2.28. The van der Waals surface area contributed by atoms with Gasteiger partial charge in [-0.2, -0.15) is 0 Å². The number of benzene rings is 1. The van der Waals surface area contributed by atoms with Crippen molar-refractivity contribution in [2.24, 2.45) is 5.92 Å². The number of hydrogen-bond donors (Lipinski definition) is 2. The lowest BCUT2D eigenvalue weighted by molar-refractivity contribution is -0.124. The average Bonchev–Trinajstić information content (AvgIpc) is 2.93. The summed E-state index contributed by atoms with van der Waals surface area (Å²) in [7, 11) is 0. The topological polar surface area (TPSA) is 67.4 Å². The highest BCUT2D eigenvalue weighted by atomic mass is 32.1. The van der Waals surface area contributed by atoms with Crippen molar-refractivity contribution in [3.63, 3.8) is 0 Å². The Morgan fingerprint density at radius 3 is 2.35 bits per heavy atom. The Kier molecular flexibility index (Phi) is 6.42. The summed E-state index contributed by atoms with van der Waals surface area (Å²) in [5.41, 5.74) is -0.643. The predicted octanol–water partition coefficient (Wildman–Crippen LogP) is 4.63. The van der Waals surface area contributed by atoms with Crippen LogP contribution in [0, 0.1) is 5.92 Å². The number of ether oxygens (including phenoxy) is 1. The van der Waals surface area contributed by atoms with Gasteiger partial charge < -0.3 is 4.74 Å². The molecule has 2 atom stereocenters. The number of thiophene rings is 1. The maximum absolute atomic E-state index is 12.5. The minimum atomic E-state index is -0.718. The second kappa shape index (κ2) is 8.18. The lowest BCUT2D eigenvalue weighted by atomic mass is 10.0. The first kappa shape index (κ1) is 20.4. The Morgan fingerprint density at radius 1 is 1.12 bits per heavy atom. The summed E-state index contributed by atoms with van der Waals surface area (Å²) < 4.78 is 6.39. The first-order chi connectivity index (χ1) is 12.1. The zero-order chi connectivity index (χ0) is 19.5. The van der Waals surface area contributed by atoms with E-state index >= 15 is 0 Å². The largest absolute Gasteiger partial charge is 0.444 e. The molecular formula is C20H28N2O3S. The average molecular weight is 377 g/mol. The van der Waals surface area contributed by atoms with Crippen molar-refractivity contribution in [2.75, 3.05) is 0 Å². The van der Waals surface area contributed by atoms with E-state index in [0.29, 0.717) is 0 Å². The fourth-order valence-corrected chi connectivity index (χ4v) is 3.70. The monoisotopic (exact) mass is 376 g/mol.